The zero-order valence-corrected chi connectivity index (χ0v) is 6.55. The molecule has 0 aromatic heterocycles. The number of likely N-dealkylation sites (tertiary alicyclic amines) is 1. The van der Waals surface area contributed by atoms with Gasteiger partial charge < -0.3 is 4.74 Å². The number of carbonyl (C=O) groups excluding carboxylic acids is 1. The Bertz CT molecular complexity index is 147. The van der Waals surface area contributed by atoms with E-state index in [1.807, 2.05) is 0 Å². The first-order valence-electron chi connectivity index (χ1n) is 3.80. The normalized spacial score (nSPS) is 20.5. The van der Waals surface area contributed by atoms with Gasteiger partial charge in [-0.15, -0.1) is 0 Å². The summed E-state index contributed by atoms with van der Waals surface area (Å²) < 4.78 is 17.4. The average Bonchev–Trinajstić information content (AvgIpc) is 1.84. The molecule has 0 saturated carbocycles. The summed E-state index contributed by atoms with van der Waals surface area (Å²) in [6.45, 7) is 3.24. The SMILES string of the molecule is CCOC(=O)C(F)N1CCC1. The van der Waals surface area contributed by atoms with Crippen molar-refractivity contribution in [1.29, 1.82) is 0 Å². The van der Waals surface area contributed by atoms with E-state index in [2.05, 4.69) is 4.74 Å². The van der Waals surface area contributed by atoms with Gasteiger partial charge in [0.2, 0.25) is 0 Å². The number of hydrogen-bond acceptors (Lipinski definition) is 3. The average molecular weight is 161 g/mol. The predicted octanol–water partition coefficient (Wildman–Crippen LogP) is 0.551. The largest absolute Gasteiger partial charge is 0.463 e. The van der Waals surface area contributed by atoms with E-state index in [4.69, 9.17) is 0 Å². The van der Waals surface area contributed by atoms with Gasteiger partial charge in [-0.25, -0.2) is 9.18 Å². The first-order chi connectivity index (χ1) is 5.25. The lowest BCUT2D eigenvalue weighted by atomic mass is 10.2. The molecular weight excluding hydrogens is 149 g/mol. The lowest BCUT2D eigenvalue weighted by Crippen LogP contribution is -2.47. The van der Waals surface area contributed by atoms with Crippen LogP contribution in [-0.2, 0) is 9.53 Å². The molecule has 0 N–H and O–H groups in total. The van der Waals surface area contributed by atoms with E-state index in [9.17, 15) is 9.18 Å². The van der Waals surface area contributed by atoms with Crippen molar-refractivity contribution in [2.45, 2.75) is 19.6 Å². The van der Waals surface area contributed by atoms with Crippen LogP contribution in [0, 0.1) is 0 Å². The molecular formula is C7H12FNO2. The zero-order valence-electron chi connectivity index (χ0n) is 6.55. The first kappa shape index (κ1) is 8.46. The number of nitrogens with zero attached hydrogens (tertiary/aromatic N) is 1. The first-order valence-corrected chi connectivity index (χ1v) is 3.80. The molecule has 0 aromatic rings. The number of rotatable bonds is 3. The third kappa shape index (κ3) is 1.89. The third-order valence-corrected chi connectivity index (χ3v) is 1.69. The number of alkyl halides is 1. The third-order valence-electron chi connectivity index (χ3n) is 1.69. The standard InChI is InChI=1S/C7H12FNO2/c1-2-11-7(10)6(8)9-4-3-5-9/h6H,2-5H2,1H3. The Morgan fingerprint density at radius 3 is 2.73 bits per heavy atom. The molecule has 1 heterocycles. The van der Waals surface area contributed by atoms with Gasteiger partial charge in [0, 0.05) is 13.1 Å². The summed E-state index contributed by atoms with van der Waals surface area (Å²) in [4.78, 5) is 12.2. The fraction of sp³-hybridized carbons (Fsp3) is 0.857. The van der Waals surface area contributed by atoms with Crippen LogP contribution >= 0.6 is 0 Å². The van der Waals surface area contributed by atoms with Gasteiger partial charge in [-0.1, -0.05) is 0 Å². The molecule has 0 radical (unpaired) electrons. The van der Waals surface area contributed by atoms with E-state index in [-0.39, 0.29) is 6.61 Å². The van der Waals surface area contributed by atoms with Gasteiger partial charge in [0.25, 0.3) is 6.30 Å². The van der Waals surface area contributed by atoms with Crippen molar-refractivity contribution in [2.24, 2.45) is 0 Å². The molecule has 1 unspecified atom stereocenters. The number of hydrogen-bond donors (Lipinski definition) is 0. The van der Waals surface area contributed by atoms with Gasteiger partial charge in [-0.3, -0.25) is 4.90 Å². The van der Waals surface area contributed by atoms with Crippen LogP contribution < -0.4 is 0 Å². The number of esters is 1. The molecule has 0 aliphatic carbocycles. The lowest BCUT2D eigenvalue weighted by Gasteiger charge is -2.31. The summed E-state index contributed by atoms with van der Waals surface area (Å²) in [7, 11) is 0. The molecule has 0 spiro atoms. The fourth-order valence-electron chi connectivity index (χ4n) is 0.927. The maximum atomic E-state index is 12.9. The Morgan fingerprint density at radius 1 is 1.73 bits per heavy atom. The Hall–Kier alpha value is -0.640. The summed E-state index contributed by atoms with van der Waals surface area (Å²) in [6, 6.07) is 0. The quantitative estimate of drug-likeness (QED) is 0.447. The van der Waals surface area contributed by atoms with Crippen molar-refractivity contribution in [2.75, 3.05) is 19.7 Å². The second-order valence-electron chi connectivity index (χ2n) is 2.48. The molecule has 4 heteroatoms. The molecule has 1 saturated heterocycles. The van der Waals surface area contributed by atoms with Crippen LogP contribution in [0.2, 0.25) is 0 Å². The lowest BCUT2D eigenvalue weighted by molar-refractivity contribution is -0.159. The second kappa shape index (κ2) is 3.67. The van der Waals surface area contributed by atoms with Gasteiger partial charge in [0.15, 0.2) is 0 Å². The van der Waals surface area contributed by atoms with Crippen LogP contribution in [-0.4, -0.2) is 36.9 Å². The van der Waals surface area contributed by atoms with Crippen molar-refractivity contribution < 1.29 is 13.9 Å². The van der Waals surface area contributed by atoms with Crippen LogP contribution in [0.5, 0.6) is 0 Å². The molecule has 1 atom stereocenters. The van der Waals surface area contributed by atoms with Crippen LogP contribution in [0.25, 0.3) is 0 Å². The summed E-state index contributed by atoms with van der Waals surface area (Å²) in [5.41, 5.74) is 0. The summed E-state index contributed by atoms with van der Waals surface area (Å²) in [5, 5.41) is 0. The van der Waals surface area contributed by atoms with E-state index < -0.39 is 12.3 Å². The highest BCUT2D eigenvalue weighted by atomic mass is 19.1. The van der Waals surface area contributed by atoms with E-state index in [0.717, 1.165) is 6.42 Å². The fourth-order valence-corrected chi connectivity index (χ4v) is 0.927. The highest BCUT2D eigenvalue weighted by Crippen LogP contribution is 2.12. The molecule has 1 rings (SSSR count). The topological polar surface area (TPSA) is 29.5 Å². The summed E-state index contributed by atoms with van der Waals surface area (Å²) in [5.74, 6) is -0.757. The number of halogens is 1. The van der Waals surface area contributed by atoms with Crippen LogP contribution in [0.15, 0.2) is 0 Å². The van der Waals surface area contributed by atoms with Crippen LogP contribution in [0.1, 0.15) is 13.3 Å². The molecule has 0 aromatic carbocycles. The minimum atomic E-state index is -1.54. The molecule has 1 aliphatic heterocycles. The van der Waals surface area contributed by atoms with Crippen molar-refractivity contribution in [1.82, 2.24) is 4.90 Å². The maximum Gasteiger partial charge on any atom is 0.356 e. The van der Waals surface area contributed by atoms with Gasteiger partial charge in [-0.05, 0) is 13.3 Å². The summed E-state index contributed by atoms with van der Waals surface area (Å²) >= 11 is 0. The Balaban J connectivity index is 2.27. The summed E-state index contributed by atoms with van der Waals surface area (Å²) in [6.07, 6.45) is -0.566. The Morgan fingerprint density at radius 2 is 2.36 bits per heavy atom. The van der Waals surface area contributed by atoms with E-state index >= 15 is 0 Å². The number of ether oxygens (including phenoxy) is 1. The van der Waals surface area contributed by atoms with Gasteiger partial charge in [-0.2, -0.15) is 0 Å². The minimum absolute atomic E-state index is 0.243. The highest BCUT2D eigenvalue weighted by molar-refractivity contribution is 5.74. The molecule has 11 heavy (non-hydrogen) atoms. The van der Waals surface area contributed by atoms with E-state index in [1.54, 1.807) is 6.92 Å². The van der Waals surface area contributed by atoms with Crippen molar-refractivity contribution in [3.63, 3.8) is 0 Å². The Labute approximate surface area is 65.1 Å². The number of carbonyl (C=O) groups is 1. The van der Waals surface area contributed by atoms with Crippen molar-refractivity contribution in [3.05, 3.63) is 0 Å². The van der Waals surface area contributed by atoms with Crippen LogP contribution in [0.3, 0.4) is 0 Å². The Kier molecular flexibility index (Phi) is 2.82. The second-order valence-corrected chi connectivity index (χ2v) is 2.48. The molecule has 0 amide bonds. The van der Waals surface area contributed by atoms with Crippen LogP contribution in [0.4, 0.5) is 4.39 Å². The molecule has 3 nitrogen and oxygen atoms in total. The monoisotopic (exact) mass is 161 g/mol. The highest BCUT2D eigenvalue weighted by Gasteiger charge is 2.30. The zero-order chi connectivity index (χ0) is 8.27. The maximum absolute atomic E-state index is 12.9. The van der Waals surface area contributed by atoms with Gasteiger partial charge in [0.1, 0.15) is 0 Å². The molecule has 64 valence electrons. The predicted molar refractivity (Wildman–Crippen MR) is 37.7 cm³/mol. The minimum Gasteiger partial charge on any atom is -0.463 e. The van der Waals surface area contributed by atoms with Gasteiger partial charge >= 0.3 is 5.97 Å². The molecule has 0 bridgehead atoms. The smallest absolute Gasteiger partial charge is 0.356 e. The van der Waals surface area contributed by atoms with E-state index in [1.165, 1.54) is 4.90 Å². The van der Waals surface area contributed by atoms with Gasteiger partial charge in [0.05, 0.1) is 6.61 Å². The van der Waals surface area contributed by atoms with E-state index in [0.29, 0.717) is 13.1 Å². The van der Waals surface area contributed by atoms with Crippen molar-refractivity contribution >= 4 is 5.97 Å². The van der Waals surface area contributed by atoms with Crippen molar-refractivity contribution in [3.8, 4) is 0 Å². The molecule has 1 aliphatic rings. The molecule has 1 fully saturated rings.